The first-order valence-electron chi connectivity index (χ1n) is 8.90. The van der Waals surface area contributed by atoms with Gasteiger partial charge in [-0.3, -0.25) is 4.98 Å². The van der Waals surface area contributed by atoms with Crippen molar-refractivity contribution in [1.82, 2.24) is 19.5 Å². The SMILES string of the molecule is COc1cnc2c(c1)C(c1cnc3ncn(Cc4ccccc4)c3c1)=CC2. The van der Waals surface area contributed by atoms with Crippen LogP contribution >= 0.6 is 0 Å². The fraction of sp³-hybridized carbons (Fsp3) is 0.136. The highest BCUT2D eigenvalue weighted by atomic mass is 16.5. The fourth-order valence-corrected chi connectivity index (χ4v) is 3.56. The van der Waals surface area contributed by atoms with Crippen LogP contribution in [0.2, 0.25) is 0 Å². The third-order valence-electron chi connectivity index (χ3n) is 4.95. The first-order chi connectivity index (χ1) is 13.3. The molecule has 0 bridgehead atoms. The zero-order valence-electron chi connectivity index (χ0n) is 15.0. The van der Waals surface area contributed by atoms with Crippen molar-refractivity contribution in [1.29, 1.82) is 0 Å². The molecule has 4 aromatic rings. The normalized spacial score (nSPS) is 12.9. The molecule has 27 heavy (non-hydrogen) atoms. The third-order valence-corrected chi connectivity index (χ3v) is 4.95. The lowest BCUT2D eigenvalue weighted by Gasteiger charge is -2.09. The Kier molecular flexibility index (Phi) is 3.71. The van der Waals surface area contributed by atoms with Gasteiger partial charge in [0.05, 0.1) is 30.8 Å². The van der Waals surface area contributed by atoms with E-state index in [1.165, 1.54) is 5.56 Å². The van der Waals surface area contributed by atoms with Crippen LogP contribution in [0, 0.1) is 0 Å². The summed E-state index contributed by atoms with van der Waals surface area (Å²) in [6.07, 6.45) is 8.55. The summed E-state index contributed by atoms with van der Waals surface area (Å²) in [4.78, 5) is 13.5. The molecule has 5 heteroatoms. The number of imidazole rings is 1. The van der Waals surface area contributed by atoms with Gasteiger partial charge in [-0.15, -0.1) is 0 Å². The summed E-state index contributed by atoms with van der Waals surface area (Å²) in [7, 11) is 1.66. The van der Waals surface area contributed by atoms with Crippen molar-refractivity contribution in [2.45, 2.75) is 13.0 Å². The molecule has 0 saturated carbocycles. The van der Waals surface area contributed by atoms with Gasteiger partial charge in [0.15, 0.2) is 5.65 Å². The van der Waals surface area contributed by atoms with Gasteiger partial charge in [0.2, 0.25) is 0 Å². The number of aromatic nitrogens is 4. The number of hydrogen-bond donors (Lipinski definition) is 0. The Morgan fingerprint density at radius 2 is 1.93 bits per heavy atom. The molecule has 132 valence electrons. The minimum atomic E-state index is 0.761. The molecule has 5 nitrogen and oxygen atoms in total. The van der Waals surface area contributed by atoms with Crippen molar-refractivity contribution in [3.63, 3.8) is 0 Å². The van der Waals surface area contributed by atoms with Gasteiger partial charge in [-0.25, -0.2) is 9.97 Å². The van der Waals surface area contributed by atoms with Gasteiger partial charge in [0, 0.05) is 30.3 Å². The van der Waals surface area contributed by atoms with E-state index in [1.54, 1.807) is 13.3 Å². The Morgan fingerprint density at radius 3 is 2.78 bits per heavy atom. The van der Waals surface area contributed by atoms with E-state index in [-0.39, 0.29) is 0 Å². The monoisotopic (exact) mass is 354 g/mol. The molecular weight excluding hydrogens is 336 g/mol. The van der Waals surface area contributed by atoms with Crippen molar-refractivity contribution in [3.05, 3.63) is 89.6 Å². The maximum Gasteiger partial charge on any atom is 0.177 e. The standard InChI is InChI=1S/C22H18N4O/c1-27-17-10-19-18(7-8-20(19)23-12-17)16-9-21-22(24-11-16)25-14-26(21)13-15-5-3-2-4-6-15/h2-7,9-12,14H,8,13H2,1H3. The van der Waals surface area contributed by atoms with E-state index in [2.05, 4.69) is 55.9 Å². The third kappa shape index (κ3) is 2.77. The fourth-order valence-electron chi connectivity index (χ4n) is 3.56. The zero-order chi connectivity index (χ0) is 18.2. The number of hydrogen-bond acceptors (Lipinski definition) is 4. The average Bonchev–Trinajstić information content (AvgIpc) is 3.32. The summed E-state index contributed by atoms with van der Waals surface area (Å²) in [5, 5.41) is 0. The van der Waals surface area contributed by atoms with E-state index in [0.717, 1.165) is 52.3 Å². The molecular formula is C22H18N4O. The Bertz CT molecular complexity index is 1160. The Morgan fingerprint density at radius 1 is 1.04 bits per heavy atom. The predicted octanol–water partition coefficient (Wildman–Crippen LogP) is 3.87. The number of nitrogens with zero attached hydrogens (tertiary/aromatic N) is 4. The summed E-state index contributed by atoms with van der Waals surface area (Å²) >= 11 is 0. The second kappa shape index (κ2) is 6.36. The Labute approximate surface area is 157 Å². The molecule has 0 saturated heterocycles. The first-order valence-corrected chi connectivity index (χ1v) is 8.90. The van der Waals surface area contributed by atoms with Crippen LogP contribution in [0.1, 0.15) is 22.4 Å². The molecule has 1 aliphatic rings. The number of ether oxygens (including phenoxy) is 1. The van der Waals surface area contributed by atoms with Gasteiger partial charge < -0.3 is 9.30 Å². The van der Waals surface area contributed by atoms with Crippen LogP contribution in [-0.4, -0.2) is 26.6 Å². The molecule has 5 rings (SSSR count). The molecule has 3 heterocycles. The number of methoxy groups -OCH3 is 1. The molecule has 0 N–H and O–H groups in total. The quantitative estimate of drug-likeness (QED) is 0.558. The molecule has 0 fully saturated rings. The summed E-state index contributed by atoms with van der Waals surface area (Å²) in [5.41, 5.74) is 7.44. The van der Waals surface area contributed by atoms with E-state index in [9.17, 15) is 0 Å². The van der Waals surface area contributed by atoms with E-state index in [1.807, 2.05) is 24.7 Å². The van der Waals surface area contributed by atoms with Gasteiger partial charge in [0.1, 0.15) is 5.75 Å². The van der Waals surface area contributed by atoms with Crippen LogP contribution < -0.4 is 4.74 Å². The lowest BCUT2D eigenvalue weighted by molar-refractivity contribution is 0.412. The molecule has 0 atom stereocenters. The van der Waals surface area contributed by atoms with Gasteiger partial charge in [-0.1, -0.05) is 36.4 Å². The zero-order valence-corrected chi connectivity index (χ0v) is 15.0. The lowest BCUT2D eigenvalue weighted by Crippen LogP contribution is -1.99. The van der Waals surface area contributed by atoms with Crippen LogP contribution in [0.15, 0.2) is 67.3 Å². The number of pyridine rings is 2. The highest BCUT2D eigenvalue weighted by Gasteiger charge is 2.19. The molecule has 0 radical (unpaired) electrons. The number of rotatable bonds is 4. The smallest absolute Gasteiger partial charge is 0.177 e. The van der Waals surface area contributed by atoms with Crippen LogP contribution in [-0.2, 0) is 13.0 Å². The largest absolute Gasteiger partial charge is 0.495 e. The Hall–Kier alpha value is -3.47. The lowest BCUT2D eigenvalue weighted by atomic mass is 10.0. The maximum absolute atomic E-state index is 5.35. The van der Waals surface area contributed by atoms with Gasteiger partial charge >= 0.3 is 0 Å². The van der Waals surface area contributed by atoms with Crippen LogP contribution in [0.4, 0.5) is 0 Å². The molecule has 1 aromatic carbocycles. The van der Waals surface area contributed by atoms with Gasteiger partial charge in [-0.2, -0.15) is 0 Å². The minimum absolute atomic E-state index is 0.761. The molecule has 1 aliphatic carbocycles. The predicted molar refractivity (Wildman–Crippen MR) is 105 cm³/mol. The Balaban J connectivity index is 1.56. The molecule has 0 amide bonds. The van der Waals surface area contributed by atoms with Crippen molar-refractivity contribution in [2.75, 3.05) is 7.11 Å². The van der Waals surface area contributed by atoms with Crippen LogP contribution in [0.25, 0.3) is 16.7 Å². The van der Waals surface area contributed by atoms with Crippen LogP contribution in [0.3, 0.4) is 0 Å². The molecule has 0 unspecified atom stereocenters. The van der Waals surface area contributed by atoms with Crippen molar-refractivity contribution in [2.24, 2.45) is 0 Å². The number of fused-ring (bicyclic) bond motifs is 2. The summed E-state index contributed by atoms with van der Waals surface area (Å²) in [5.74, 6) is 0.768. The van der Waals surface area contributed by atoms with Crippen LogP contribution in [0.5, 0.6) is 5.75 Å². The van der Waals surface area contributed by atoms with Crippen molar-refractivity contribution in [3.8, 4) is 5.75 Å². The summed E-state index contributed by atoms with van der Waals surface area (Å²) < 4.78 is 7.49. The molecule has 3 aromatic heterocycles. The summed E-state index contributed by atoms with van der Waals surface area (Å²) in [6, 6.07) is 14.6. The number of allylic oxidation sites excluding steroid dienone is 1. The van der Waals surface area contributed by atoms with Crippen molar-refractivity contribution < 1.29 is 4.74 Å². The van der Waals surface area contributed by atoms with E-state index < -0.39 is 0 Å². The van der Waals surface area contributed by atoms with Gasteiger partial charge in [-0.05, 0) is 23.3 Å². The highest BCUT2D eigenvalue weighted by molar-refractivity contribution is 5.87. The second-order valence-electron chi connectivity index (χ2n) is 6.62. The van der Waals surface area contributed by atoms with E-state index in [0.29, 0.717) is 0 Å². The van der Waals surface area contributed by atoms with E-state index >= 15 is 0 Å². The van der Waals surface area contributed by atoms with Crippen molar-refractivity contribution >= 4 is 16.7 Å². The summed E-state index contributed by atoms with van der Waals surface area (Å²) in [6.45, 7) is 0.771. The molecule has 0 aliphatic heterocycles. The van der Waals surface area contributed by atoms with Gasteiger partial charge in [0.25, 0.3) is 0 Å². The molecule has 0 spiro atoms. The second-order valence-corrected chi connectivity index (χ2v) is 6.62. The highest BCUT2D eigenvalue weighted by Crippen LogP contribution is 2.34. The number of benzene rings is 1. The maximum atomic E-state index is 5.35. The average molecular weight is 354 g/mol. The minimum Gasteiger partial charge on any atom is -0.495 e. The first kappa shape index (κ1) is 15.8. The van der Waals surface area contributed by atoms with E-state index in [4.69, 9.17) is 4.74 Å². The topological polar surface area (TPSA) is 52.8 Å².